The zero-order valence-corrected chi connectivity index (χ0v) is 8.71. The van der Waals surface area contributed by atoms with Crippen LogP contribution in [0, 0.1) is 11.3 Å². The first-order chi connectivity index (χ1) is 7.76. The minimum absolute atomic E-state index is 0.216. The van der Waals surface area contributed by atoms with Gasteiger partial charge in [-0.05, 0) is 12.1 Å². The molecule has 5 nitrogen and oxygen atoms in total. The van der Waals surface area contributed by atoms with Crippen molar-refractivity contribution in [3.05, 3.63) is 36.0 Å². The molecule has 2 aromatic rings. The summed E-state index contributed by atoms with van der Waals surface area (Å²) >= 11 is 0. The molecular formula is C11H10N4O. The van der Waals surface area contributed by atoms with Crippen molar-refractivity contribution in [2.75, 3.05) is 12.8 Å². The number of anilines is 1. The van der Waals surface area contributed by atoms with Gasteiger partial charge in [-0.1, -0.05) is 12.1 Å². The van der Waals surface area contributed by atoms with Gasteiger partial charge in [0, 0.05) is 0 Å². The zero-order valence-electron chi connectivity index (χ0n) is 8.71. The molecule has 0 saturated heterocycles. The van der Waals surface area contributed by atoms with Crippen molar-refractivity contribution in [3.63, 3.8) is 0 Å². The van der Waals surface area contributed by atoms with Crippen molar-refractivity contribution >= 4 is 5.82 Å². The first-order valence-corrected chi connectivity index (χ1v) is 4.65. The van der Waals surface area contributed by atoms with Crippen LogP contribution in [-0.2, 0) is 0 Å². The molecule has 5 heteroatoms. The third-order valence-electron chi connectivity index (χ3n) is 2.20. The molecule has 1 heterocycles. The average Bonchev–Trinajstić information content (AvgIpc) is 2.70. The molecule has 0 amide bonds. The Morgan fingerprint density at radius 1 is 1.44 bits per heavy atom. The van der Waals surface area contributed by atoms with Crippen molar-refractivity contribution in [2.24, 2.45) is 0 Å². The summed E-state index contributed by atoms with van der Waals surface area (Å²) in [5, 5.41) is 12.8. The third kappa shape index (κ3) is 1.57. The number of nitrogens with zero attached hydrogens (tertiary/aromatic N) is 3. The van der Waals surface area contributed by atoms with Gasteiger partial charge in [-0.15, -0.1) is 5.10 Å². The second kappa shape index (κ2) is 3.95. The molecule has 0 fully saturated rings. The van der Waals surface area contributed by atoms with E-state index in [2.05, 4.69) is 5.10 Å². The fraction of sp³-hybridized carbons (Fsp3) is 0.0909. The molecule has 80 valence electrons. The summed E-state index contributed by atoms with van der Waals surface area (Å²) in [4.78, 5) is 0. The summed E-state index contributed by atoms with van der Waals surface area (Å²) in [6.07, 6.45) is 1.58. The van der Waals surface area contributed by atoms with Crippen molar-refractivity contribution in [2.45, 2.75) is 0 Å². The summed E-state index contributed by atoms with van der Waals surface area (Å²) in [5.41, 5.74) is 6.69. The summed E-state index contributed by atoms with van der Waals surface area (Å²) in [6, 6.07) is 9.36. The molecule has 16 heavy (non-hydrogen) atoms. The molecule has 2 N–H and O–H groups in total. The van der Waals surface area contributed by atoms with Crippen LogP contribution >= 0.6 is 0 Å². The fourth-order valence-corrected chi connectivity index (χ4v) is 1.42. The minimum Gasteiger partial charge on any atom is -0.494 e. The Balaban J connectivity index is 2.55. The van der Waals surface area contributed by atoms with Crippen LogP contribution in [0.3, 0.4) is 0 Å². The molecule has 0 bridgehead atoms. The topological polar surface area (TPSA) is 76.9 Å². The van der Waals surface area contributed by atoms with Gasteiger partial charge in [-0.25, -0.2) is 4.68 Å². The number of para-hydroxylation sites is 2. The molecule has 0 aliphatic rings. The molecule has 0 radical (unpaired) electrons. The summed E-state index contributed by atoms with van der Waals surface area (Å²) in [6.45, 7) is 0. The van der Waals surface area contributed by atoms with E-state index in [0.717, 1.165) is 5.69 Å². The molecule has 0 atom stereocenters. The van der Waals surface area contributed by atoms with Crippen molar-refractivity contribution < 1.29 is 4.74 Å². The quantitative estimate of drug-likeness (QED) is 0.818. The Morgan fingerprint density at radius 3 is 2.81 bits per heavy atom. The van der Waals surface area contributed by atoms with Gasteiger partial charge in [-0.3, -0.25) is 0 Å². The molecule has 0 saturated carbocycles. The molecule has 1 aromatic carbocycles. The van der Waals surface area contributed by atoms with Gasteiger partial charge in [0.25, 0.3) is 0 Å². The van der Waals surface area contributed by atoms with Crippen LogP contribution < -0.4 is 10.5 Å². The third-order valence-corrected chi connectivity index (χ3v) is 2.20. The predicted octanol–water partition coefficient (Wildman–Crippen LogP) is 1.33. The molecule has 0 aliphatic carbocycles. The number of nitrogens with two attached hydrogens (primary N) is 1. The lowest BCUT2D eigenvalue weighted by atomic mass is 10.3. The lowest BCUT2D eigenvalue weighted by Crippen LogP contribution is -1.99. The van der Waals surface area contributed by atoms with Gasteiger partial charge in [0.05, 0.1) is 13.3 Å². The lowest BCUT2D eigenvalue weighted by Gasteiger charge is -2.06. The molecule has 0 aliphatic heterocycles. The fourth-order valence-electron chi connectivity index (χ4n) is 1.42. The maximum absolute atomic E-state index is 8.79. The number of hydrogen-bond acceptors (Lipinski definition) is 4. The van der Waals surface area contributed by atoms with E-state index in [-0.39, 0.29) is 5.82 Å². The lowest BCUT2D eigenvalue weighted by molar-refractivity contribution is 0.412. The highest BCUT2D eigenvalue weighted by Gasteiger charge is 2.09. The van der Waals surface area contributed by atoms with Gasteiger partial charge in [0.2, 0.25) is 0 Å². The number of nitrogen functional groups attached to an aromatic ring is 1. The van der Waals surface area contributed by atoms with Crippen LogP contribution in [0.1, 0.15) is 5.56 Å². The number of nitriles is 1. The average molecular weight is 214 g/mol. The van der Waals surface area contributed by atoms with Gasteiger partial charge >= 0.3 is 0 Å². The van der Waals surface area contributed by atoms with Crippen molar-refractivity contribution in [1.29, 1.82) is 5.26 Å². The second-order valence-electron chi connectivity index (χ2n) is 3.16. The monoisotopic (exact) mass is 214 g/mol. The maximum atomic E-state index is 8.79. The molecule has 0 unspecified atom stereocenters. The Bertz CT molecular complexity index is 553. The highest BCUT2D eigenvalue weighted by Crippen LogP contribution is 2.22. The number of ether oxygens (including phenoxy) is 1. The molecule has 0 spiro atoms. The highest BCUT2D eigenvalue weighted by atomic mass is 16.5. The molecule has 2 rings (SSSR count). The number of methoxy groups -OCH3 is 1. The first kappa shape index (κ1) is 10.1. The number of hydrogen-bond donors (Lipinski definition) is 1. The largest absolute Gasteiger partial charge is 0.494 e. The number of aromatic nitrogens is 2. The van der Waals surface area contributed by atoms with E-state index < -0.39 is 0 Å². The first-order valence-electron chi connectivity index (χ1n) is 4.65. The van der Waals surface area contributed by atoms with Crippen LogP contribution in [0.25, 0.3) is 5.69 Å². The standard InChI is InChI=1S/C11H10N4O/c1-16-10-5-3-2-4-9(10)15-7-8(6-12)11(13)14-15/h2-5,7H,1H3,(H2,13,14). The van der Waals surface area contributed by atoms with Crippen LogP contribution in [0.4, 0.5) is 5.82 Å². The highest BCUT2D eigenvalue weighted by molar-refractivity contribution is 5.52. The summed E-state index contributed by atoms with van der Waals surface area (Å²) in [5.74, 6) is 0.892. The SMILES string of the molecule is COc1ccccc1-n1cc(C#N)c(N)n1. The van der Waals surface area contributed by atoms with Gasteiger partial charge in [0.1, 0.15) is 23.1 Å². The van der Waals surface area contributed by atoms with Crippen molar-refractivity contribution in [3.8, 4) is 17.5 Å². The predicted molar refractivity (Wildman–Crippen MR) is 59.2 cm³/mol. The van der Waals surface area contributed by atoms with E-state index in [1.54, 1.807) is 13.3 Å². The van der Waals surface area contributed by atoms with E-state index >= 15 is 0 Å². The second-order valence-corrected chi connectivity index (χ2v) is 3.16. The van der Waals surface area contributed by atoms with E-state index in [1.165, 1.54) is 4.68 Å². The van der Waals surface area contributed by atoms with Gasteiger partial charge in [-0.2, -0.15) is 5.26 Å². The van der Waals surface area contributed by atoms with Crippen LogP contribution in [-0.4, -0.2) is 16.9 Å². The molecule has 1 aromatic heterocycles. The van der Waals surface area contributed by atoms with Crippen LogP contribution in [0.15, 0.2) is 30.5 Å². The normalized spacial score (nSPS) is 9.75. The Labute approximate surface area is 92.7 Å². The van der Waals surface area contributed by atoms with E-state index in [4.69, 9.17) is 15.7 Å². The smallest absolute Gasteiger partial charge is 0.163 e. The molecular weight excluding hydrogens is 204 g/mol. The van der Waals surface area contributed by atoms with Crippen molar-refractivity contribution in [1.82, 2.24) is 9.78 Å². The van der Waals surface area contributed by atoms with Gasteiger partial charge in [0.15, 0.2) is 5.82 Å². The minimum atomic E-state index is 0.216. The Morgan fingerprint density at radius 2 is 2.19 bits per heavy atom. The van der Waals surface area contributed by atoms with E-state index in [0.29, 0.717) is 11.3 Å². The summed E-state index contributed by atoms with van der Waals surface area (Å²) in [7, 11) is 1.58. The number of rotatable bonds is 2. The van der Waals surface area contributed by atoms with E-state index in [9.17, 15) is 0 Å². The van der Waals surface area contributed by atoms with Gasteiger partial charge < -0.3 is 10.5 Å². The number of benzene rings is 1. The summed E-state index contributed by atoms with van der Waals surface area (Å²) < 4.78 is 6.73. The Kier molecular flexibility index (Phi) is 2.48. The van der Waals surface area contributed by atoms with E-state index in [1.807, 2.05) is 30.3 Å². The zero-order chi connectivity index (χ0) is 11.5. The maximum Gasteiger partial charge on any atom is 0.163 e. The Hall–Kier alpha value is -2.48. The van der Waals surface area contributed by atoms with Crippen LogP contribution in [0.2, 0.25) is 0 Å². The van der Waals surface area contributed by atoms with Crippen LogP contribution in [0.5, 0.6) is 5.75 Å².